The Morgan fingerprint density at radius 1 is 1.00 bits per heavy atom. The zero-order valence-electron chi connectivity index (χ0n) is 14.3. The largest absolute Gasteiger partial charge is 0.495 e. The molecule has 1 fully saturated rings. The highest BCUT2D eigenvalue weighted by Crippen LogP contribution is 2.30. The number of piperazine rings is 1. The van der Waals surface area contributed by atoms with Gasteiger partial charge in [-0.1, -0.05) is 6.07 Å². The second kappa shape index (κ2) is 7.01. The Morgan fingerprint density at radius 3 is 2.24 bits per heavy atom. The lowest BCUT2D eigenvalue weighted by atomic mass is 10.1. The summed E-state index contributed by atoms with van der Waals surface area (Å²) in [5, 5.41) is 0. The van der Waals surface area contributed by atoms with E-state index in [-0.39, 0.29) is 4.90 Å². The summed E-state index contributed by atoms with van der Waals surface area (Å²) in [6.07, 6.45) is 0. The van der Waals surface area contributed by atoms with Crippen LogP contribution in [0.2, 0.25) is 0 Å². The number of ether oxygens (including phenoxy) is 1. The summed E-state index contributed by atoms with van der Waals surface area (Å²) >= 11 is 0. The van der Waals surface area contributed by atoms with Crippen molar-refractivity contribution in [2.45, 2.75) is 11.8 Å². The van der Waals surface area contributed by atoms with Crippen molar-refractivity contribution in [1.29, 1.82) is 0 Å². The molecule has 0 radical (unpaired) electrons. The van der Waals surface area contributed by atoms with Gasteiger partial charge in [0, 0.05) is 26.2 Å². The minimum absolute atomic E-state index is 0.121. The average molecular weight is 364 g/mol. The maximum Gasteiger partial charge on any atom is 0.243 e. The van der Waals surface area contributed by atoms with E-state index in [2.05, 4.69) is 4.90 Å². The minimum Gasteiger partial charge on any atom is -0.495 e. The maximum absolute atomic E-state index is 13.0. The highest BCUT2D eigenvalue weighted by Gasteiger charge is 2.29. The van der Waals surface area contributed by atoms with Crippen LogP contribution in [-0.4, -0.2) is 46.0 Å². The third-order valence-corrected chi connectivity index (χ3v) is 6.28. The molecule has 0 bridgehead atoms. The number of rotatable bonds is 4. The number of nitrogens with zero attached hydrogens (tertiary/aromatic N) is 2. The molecule has 0 unspecified atom stereocenters. The van der Waals surface area contributed by atoms with Gasteiger partial charge in [0.05, 0.1) is 17.7 Å². The first-order valence-electron chi connectivity index (χ1n) is 8.07. The highest BCUT2D eigenvalue weighted by molar-refractivity contribution is 7.89. The Hall–Kier alpha value is -2.12. The van der Waals surface area contributed by atoms with Gasteiger partial charge < -0.3 is 9.64 Å². The van der Waals surface area contributed by atoms with Gasteiger partial charge in [-0.05, 0) is 48.9 Å². The van der Waals surface area contributed by atoms with E-state index in [9.17, 15) is 12.8 Å². The fourth-order valence-corrected chi connectivity index (χ4v) is 4.39. The first-order valence-corrected chi connectivity index (χ1v) is 9.51. The Labute approximate surface area is 147 Å². The molecule has 0 atom stereocenters. The molecule has 5 nitrogen and oxygen atoms in total. The summed E-state index contributed by atoms with van der Waals surface area (Å²) in [4.78, 5) is 2.25. The van der Waals surface area contributed by atoms with Gasteiger partial charge in [-0.25, -0.2) is 12.8 Å². The molecule has 0 spiro atoms. The van der Waals surface area contributed by atoms with Crippen molar-refractivity contribution >= 4 is 15.7 Å². The molecule has 2 aromatic rings. The van der Waals surface area contributed by atoms with Gasteiger partial charge in [-0.3, -0.25) is 0 Å². The predicted octanol–water partition coefficient (Wildman–Crippen LogP) is 2.65. The molecule has 2 aromatic carbocycles. The third-order valence-electron chi connectivity index (χ3n) is 4.37. The van der Waals surface area contributed by atoms with E-state index >= 15 is 0 Å². The molecule has 0 amide bonds. The Balaban J connectivity index is 1.76. The Kier molecular flexibility index (Phi) is 4.96. The normalized spacial score (nSPS) is 16.0. The van der Waals surface area contributed by atoms with Crippen molar-refractivity contribution in [3.05, 3.63) is 53.8 Å². The summed E-state index contributed by atoms with van der Waals surface area (Å²) in [5.41, 5.74) is 2.10. The third kappa shape index (κ3) is 3.62. The molecule has 1 saturated heterocycles. The van der Waals surface area contributed by atoms with E-state index in [4.69, 9.17) is 4.74 Å². The van der Waals surface area contributed by atoms with Crippen LogP contribution in [0.1, 0.15) is 5.56 Å². The topological polar surface area (TPSA) is 49.9 Å². The van der Waals surface area contributed by atoms with Crippen molar-refractivity contribution < 1.29 is 17.5 Å². The number of anilines is 1. The number of sulfonamides is 1. The number of methoxy groups -OCH3 is 1. The van der Waals surface area contributed by atoms with Crippen LogP contribution < -0.4 is 9.64 Å². The first kappa shape index (κ1) is 17.7. The summed E-state index contributed by atoms with van der Waals surface area (Å²) in [7, 11) is -1.97. The number of aryl methyl sites for hydroxylation is 1. The molecular weight excluding hydrogens is 343 g/mol. The first-order chi connectivity index (χ1) is 11.9. The molecule has 0 aliphatic carbocycles. The summed E-state index contributed by atoms with van der Waals surface area (Å²) < 4.78 is 45.3. The summed E-state index contributed by atoms with van der Waals surface area (Å²) in [5.74, 6) is 0.329. The lowest BCUT2D eigenvalue weighted by Gasteiger charge is -2.36. The molecule has 0 aromatic heterocycles. The quantitative estimate of drug-likeness (QED) is 0.837. The molecule has 0 saturated carbocycles. The zero-order valence-corrected chi connectivity index (χ0v) is 15.1. The van der Waals surface area contributed by atoms with Crippen molar-refractivity contribution in [2.75, 3.05) is 38.2 Å². The van der Waals surface area contributed by atoms with Crippen molar-refractivity contribution in [3.63, 3.8) is 0 Å². The van der Waals surface area contributed by atoms with Crippen LogP contribution in [0.4, 0.5) is 10.1 Å². The highest BCUT2D eigenvalue weighted by atomic mass is 32.2. The molecule has 0 N–H and O–H groups in total. The van der Waals surface area contributed by atoms with Crippen LogP contribution in [0.5, 0.6) is 5.75 Å². The van der Waals surface area contributed by atoms with Crippen LogP contribution in [0, 0.1) is 12.7 Å². The lowest BCUT2D eigenvalue weighted by Crippen LogP contribution is -2.48. The molecule has 134 valence electrons. The van der Waals surface area contributed by atoms with Crippen LogP contribution in [0.15, 0.2) is 47.4 Å². The predicted molar refractivity (Wildman–Crippen MR) is 95.1 cm³/mol. The smallest absolute Gasteiger partial charge is 0.243 e. The molecule has 3 rings (SSSR count). The van der Waals surface area contributed by atoms with E-state index < -0.39 is 15.8 Å². The minimum atomic E-state index is -3.60. The fourth-order valence-electron chi connectivity index (χ4n) is 2.97. The number of hydrogen-bond donors (Lipinski definition) is 0. The molecule has 1 aliphatic heterocycles. The molecule has 1 heterocycles. The second-order valence-electron chi connectivity index (χ2n) is 6.02. The fraction of sp³-hybridized carbons (Fsp3) is 0.333. The van der Waals surface area contributed by atoms with E-state index in [0.29, 0.717) is 26.2 Å². The van der Waals surface area contributed by atoms with Crippen LogP contribution in [0.25, 0.3) is 0 Å². The Morgan fingerprint density at radius 2 is 1.64 bits per heavy atom. The molecule has 25 heavy (non-hydrogen) atoms. The average Bonchev–Trinajstić information content (AvgIpc) is 2.62. The SMILES string of the molecule is COc1ccc(C)cc1N1CCN(S(=O)(=O)c2ccc(F)cc2)CC1. The number of hydrogen-bond acceptors (Lipinski definition) is 4. The van der Waals surface area contributed by atoms with E-state index in [1.807, 2.05) is 25.1 Å². The van der Waals surface area contributed by atoms with Gasteiger partial charge in [-0.15, -0.1) is 0 Å². The van der Waals surface area contributed by atoms with E-state index in [1.165, 1.54) is 28.6 Å². The van der Waals surface area contributed by atoms with E-state index in [1.54, 1.807) is 7.11 Å². The standard InChI is InChI=1S/C18H21FN2O3S/c1-14-3-8-18(24-2)17(13-14)20-9-11-21(12-10-20)25(22,23)16-6-4-15(19)5-7-16/h3-8,13H,9-12H2,1-2H3. The number of halogens is 1. The van der Waals surface area contributed by atoms with Crippen LogP contribution in [-0.2, 0) is 10.0 Å². The van der Waals surface area contributed by atoms with Gasteiger partial charge >= 0.3 is 0 Å². The summed E-state index contributed by atoms with van der Waals surface area (Å²) in [6.45, 7) is 3.90. The van der Waals surface area contributed by atoms with Gasteiger partial charge in [0.25, 0.3) is 0 Å². The van der Waals surface area contributed by atoms with E-state index in [0.717, 1.165) is 17.0 Å². The number of benzene rings is 2. The van der Waals surface area contributed by atoms with Gasteiger partial charge in [0.2, 0.25) is 10.0 Å². The maximum atomic E-state index is 13.0. The molecular formula is C18H21FN2O3S. The Bertz CT molecular complexity index is 845. The van der Waals surface area contributed by atoms with Gasteiger partial charge in [0.1, 0.15) is 11.6 Å². The van der Waals surface area contributed by atoms with Crippen LogP contribution >= 0.6 is 0 Å². The molecule has 7 heteroatoms. The second-order valence-corrected chi connectivity index (χ2v) is 7.96. The van der Waals surface area contributed by atoms with Gasteiger partial charge in [0.15, 0.2) is 0 Å². The zero-order chi connectivity index (χ0) is 18.0. The van der Waals surface area contributed by atoms with Crippen molar-refractivity contribution in [1.82, 2.24) is 4.31 Å². The molecule has 1 aliphatic rings. The summed E-state index contributed by atoms with van der Waals surface area (Å²) in [6, 6.07) is 10.9. The van der Waals surface area contributed by atoms with Gasteiger partial charge in [-0.2, -0.15) is 4.31 Å². The lowest BCUT2D eigenvalue weighted by molar-refractivity contribution is 0.378. The monoisotopic (exact) mass is 364 g/mol. The van der Waals surface area contributed by atoms with Crippen molar-refractivity contribution in [3.8, 4) is 5.75 Å². The van der Waals surface area contributed by atoms with Crippen molar-refractivity contribution in [2.24, 2.45) is 0 Å². The van der Waals surface area contributed by atoms with Crippen LogP contribution in [0.3, 0.4) is 0 Å².